The molecule has 1 heterocycles. The third-order valence-corrected chi connectivity index (χ3v) is 4.18. The Bertz CT molecular complexity index is 625. The first kappa shape index (κ1) is 17.2. The molecule has 0 aromatic carbocycles. The van der Waals surface area contributed by atoms with Crippen LogP contribution in [0.25, 0.3) is 0 Å². The van der Waals surface area contributed by atoms with Crippen LogP contribution in [0, 0.1) is 0 Å². The van der Waals surface area contributed by atoms with Gasteiger partial charge in [0.2, 0.25) is 15.9 Å². The third-order valence-electron chi connectivity index (χ3n) is 2.36. The number of nitrogen functional groups attached to an aromatic ring is 1. The molecule has 1 aromatic heterocycles. The highest BCUT2D eigenvalue weighted by atomic mass is 32.2. The Morgan fingerprint density at radius 1 is 1.52 bits per heavy atom. The molecule has 0 fully saturated rings. The number of carbonyl (C=O) groups is 1. The molecule has 0 unspecified atom stereocenters. The summed E-state index contributed by atoms with van der Waals surface area (Å²) in [7, 11) is -1.61. The second kappa shape index (κ2) is 5.89. The van der Waals surface area contributed by atoms with Gasteiger partial charge in [-0.2, -0.15) is 22.6 Å². The molecule has 3 N–H and O–H groups in total. The summed E-state index contributed by atoms with van der Waals surface area (Å²) in [5, 5.41) is 5.22. The lowest BCUT2D eigenvalue weighted by Gasteiger charge is -2.16. The summed E-state index contributed by atoms with van der Waals surface area (Å²) < 4.78 is 61.7. The van der Waals surface area contributed by atoms with Gasteiger partial charge in [-0.3, -0.25) is 9.48 Å². The van der Waals surface area contributed by atoms with E-state index < -0.39 is 35.2 Å². The fraction of sp³-hybridized carbons (Fsp3) is 0.556. The quantitative estimate of drug-likeness (QED) is 0.742. The van der Waals surface area contributed by atoms with Crippen LogP contribution in [0.5, 0.6) is 0 Å². The van der Waals surface area contributed by atoms with Crippen molar-refractivity contribution < 1.29 is 26.4 Å². The van der Waals surface area contributed by atoms with Gasteiger partial charge in [0, 0.05) is 20.3 Å². The second-order valence-corrected chi connectivity index (χ2v) is 6.22. The van der Waals surface area contributed by atoms with Crippen LogP contribution >= 0.6 is 0 Å². The van der Waals surface area contributed by atoms with E-state index in [1.54, 1.807) is 5.32 Å². The number of likely N-dealkylation sites (N-methyl/N-ethyl adjacent to an activating group) is 1. The van der Waals surface area contributed by atoms with Crippen molar-refractivity contribution in [1.82, 2.24) is 19.4 Å². The molecule has 0 aliphatic rings. The number of hydrogen-bond donors (Lipinski definition) is 2. The monoisotopic (exact) mass is 329 g/mol. The van der Waals surface area contributed by atoms with Crippen molar-refractivity contribution >= 4 is 21.7 Å². The van der Waals surface area contributed by atoms with Crippen molar-refractivity contribution in [3.05, 3.63) is 6.20 Å². The van der Waals surface area contributed by atoms with Gasteiger partial charge >= 0.3 is 6.18 Å². The van der Waals surface area contributed by atoms with E-state index >= 15 is 0 Å². The maximum Gasteiger partial charge on any atom is 0.405 e. The van der Waals surface area contributed by atoms with Gasteiger partial charge in [-0.05, 0) is 0 Å². The topological polar surface area (TPSA) is 110 Å². The van der Waals surface area contributed by atoms with Crippen LogP contribution in [0.4, 0.5) is 19.0 Å². The van der Waals surface area contributed by atoms with Crippen molar-refractivity contribution in [2.45, 2.75) is 11.1 Å². The molecule has 0 aliphatic carbocycles. The molecular weight excluding hydrogens is 315 g/mol. The lowest BCUT2D eigenvalue weighted by atomic mass is 10.5. The molecule has 8 nitrogen and oxygen atoms in total. The van der Waals surface area contributed by atoms with Crippen molar-refractivity contribution in [1.29, 1.82) is 0 Å². The Kier molecular flexibility index (Phi) is 4.83. The summed E-state index contributed by atoms with van der Waals surface area (Å²) in [5.74, 6) is -1.35. The molecule has 0 aliphatic heterocycles. The number of halogens is 3. The lowest BCUT2D eigenvalue weighted by molar-refractivity contribution is -0.138. The van der Waals surface area contributed by atoms with E-state index in [1.807, 2.05) is 0 Å². The number of nitrogens with two attached hydrogens (primary N) is 1. The molecule has 0 spiro atoms. The number of nitrogens with one attached hydrogen (secondary N) is 1. The van der Waals surface area contributed by atoms with Crippen LogP contribution < -0.4 is 11.1 Å². The number of alkyl halides is 3. The minimum atomic E-state index is -4.57. The number of anilines is 1. The van der Waals surface area contributed by atoms with Crippen LogP contribution in [-0.2, 0) is 21.9 Å². The van der Waals surface area contributed by atoms with Crippen molar-refractivity contribution in [3.8, 4) is 0 Å². The first-order chi connectivity index (χ1) is 9.43. The number of hydrogen-bond acceptors (Lipinski definition) is 5. The van der Waals surface area contributed by atoms with E-state index in [0.29, 0.717) is 4.31 Å². The largest absolute Gasteiger partial charge is 0.405 e. The maximum absolute atomic E-state index is 12.1. The smallest absolute Gasteiger partial charge is 0.381 e. The molecular formula is C9H14F3N5O3S. The Hall–Kier alpha value is -1.82. The summed E-state index contributed by atoms with van der Waals surface area (Å²) >= 11 is 0. The van der Waals surface area contributed by atoms with Crippen LogP contribution in [0.2, 0.25) is 0 Å². The fourth-order valence-electron chi connectivity index (χ4n) is 1.39. The third kappa shape index (κ3) is 4.60. The summed E-state index contributed by atoms with van der Waals surface area (Å²) in [5.41, 5.74) is 5.42. The Balaban J connectivity index is 2.77. The number of sulfonamides is 1. The first-order valence-corrected chi connectivity index (χ1v) is 6.96. The zero-order valence-electron chi connectivity index (χ0n) is 11.2. The predicted octanol–water partition coefficient (Wildman–Crippen LogP) is -0.699. The molecule has 12 heteroatoms. The zero-order valence-corrected chi connectivity index (χ0v) is 12.0. The summed E-state index contributed by atoms with van der Waals surface area (Å²) in [6.45, 7) is -2.30. The van der Waals surface area contributed by atoms with Gasteiger partial charge in [0.05, 0.1) is 6.54 Å². The van der Waals surface area contributed by atoms with E-state index in [2.05, 4.69) is 5.10 Å². The Labute approximate surface area is 118 Å². The van der Waals surface area contributed by atoms with Gasteiger partial charge in [-0.1, -0.05) is 0 Å². The van der Waals surface area contributed by atoms with Gasteiger partial charge in [0.15, 0.2) is 5.82 Å². The number of aromatic nitrogens is 2. The van der Waals surface area contributed by atoms with Gasteiger partial charge in [-0.25, -0.2) is 8.42 Å². The molecule has 0 saturated carbocycles. The van der Waals surface area contributed by atoms with E-state index in [1.165, 1.54) is 11.7 Å². The average molecular weight is 329 g/mol. The van der Waals surface area contributed by atoms with Gasteiger partial charge in [-0.15, -0.1) is 0 Å². The lowest BCUT2D eigenvalue weighted by Crippen LogP contribution is -2.41. The van der Waals surface area contributed by atoms with Crippen LogP contribution in [0.1, 0.15) is 0 Å². The standard InChI is InChI=1S/C9H14F3N5O3S/c1-16-3-6(8(13)15-16)21(19,20)17(2)4-7(18)14-5-9(10,11)12/h3H,4-5H2,1-2H3,(H2,13,15)(H,14,18). The molecule has 21 heavy (non-hydrogen) atoms. The molecule has 0 atom stereocenters. The van der Waals surface area contributed by atoms with E-state index in [9.17, 15) is 26.4 Å². The van der Waals surface area contributed by atoms with Crippen LogP contribution in [0.15, 0.2) is 11.1 Å². The number of nitrogens with zero attached hydrogens (tertiary/aromatic N) is 3. The normalized spacial score (nSPS) is 12.7. The summed E-state index contributed by atoms with van der Waals surface area (Å²) in [4.78, 5) is 11.0. The highest BCUT2D eigenvalue weighted by Gasteiger charge is 2.30. The first-order valence-electron chi connectivity index (χ1n) is 5.52. The second-order valence-electron chi connectivity index (χ2n) is 4.21. The summed E-state index contributed by atoms with van der Waals surface area (Å²) in [6.07, 6.45) is -3.43. The molecule has 0 radical (unpaired) electrons. The maximum atomic E-state index is 12.1. The highest BCUT2D eigenvalue weighted by molar-refractivity contribution is 7.89. The highest BCUT2D eigenvalue weighted by Crippen LogP contribution is 2.19. The van der Waals surface area contributed by atoms with E-state index in [-0.39, 0.29) is 10.7 Å². The zero-order chi connectivity index (χ0) is 16.4. The fourth-order valence-corrected chi connectivity index (χ4v) is 2.61. The Morgan fingerprint density at radius 3 is 2.52 bits per heavy atom. The summed E-state index contributed by atoms with van der Waals surface area (Å²) in [6, 6.07) is 0. The number of amides is 1. The van der Waals surface area contributed by atoms with Crippen LogP contribution in [0.3, 0.4) is 0 Å². The number of aryl methyl sites for hydroxylation is 1. The molecule has 0 saturated heterocycles. The van der Waals surface area contributed by atoms with Crippen LogP contribution in [-0.4, -0.2) is 54.7 Å². The van der Waals surface area contributed by atoms with Gasteiger partial charge in [0.25, 0.3) is 0 Å². The van der Waals surface area contributed by atoms with Crippen molar-refractivity contribution in [3.63, 3.8) is 0 Å². The SMILES string of the molecule is CN(CC(=O)NCC(F)(F)F)S(=O)(=O)c1cn(C)nc1N. The molecule has 1 aromatic rings. The Morgan fingerprint density at radius 2 is 2.10 bits per heavy atom. The molecule has 120 valence electrons. The van der Waals surface area contributed by atoms with Gasteiger partial charge < -0.3 is 11.1 Å². The van der Waals surface area contributed by atoms with Crippen molar-refractivity contribution in [2.24, 2.45) is 7.05 Å². The minimum Gasteiger partial charge on any atom is -0.381 e. The molecule has 0 bridgehead atoms. The van der Waals surface area contributed by atoms with E-state index in [4.69, 9.17) is 5.73 Å². The minimum absolute atomic E-state index is 0.264. The number of carbonyl (C=O) groups excluding carboxylic acids is 1. The van der Waals surface area contributed by atoms with Crippen molar-refractivity contribution in [2.75, 3.05) is 25.9 Å². The molecule has 1 amide bonds. The van der Waals surface area contributed by atoms with E-state index in [0.717, 1.165) is 13.2 Å². The average Bonchev–Trinajstić information content (AvgIpc) is 2.65. The predicted molar refractivity (Wildman–Crippen MR) is 66.5 cm³/mol. The molecule has 1 rings (SSSR count). The van der Waals surface area contributed by atoms with Gasteiger partial charge in [0.1, 0.15) is 11.4 Å². The number of rotatable bonds is 5.